The molecule has 1 unspecified atom stereocenters. The molecule has 2 heterocycles. The predicted octanol–water partition coefficient (Wildman–Crippen LogP) is 0.0463. The molecule has 1 atom stereocenters. The second-order valence-corrected chi connectivity index (χ2v) is 7.85. The molecule has 2 aliphatic rings. The van der Waals surface area contributed by atoms with E-state index < -0.39 is 15.7 Å². The fourth-order valence-electron chi connectivity index (χ4n) is 2.80. The number of ether oxygens (including phenoxy) is 1. The lowest BCUT2D eigenvalue weighted by atomic mass is 10.0. The molecule has 0 aromatic heterocycles. The molecule has 19 heavy (non-hydrogen) atoms. The largest absolute Gasteiger partial charge is 0.396 e. The van der Waals surface area contributed by atoms with Gasteiger partial charge in [-0.05, 0) is 32.6 Å². The first-order valence-corrected chi connectivity index (χ1v) is 8.24. The van der Waals surface area contributed by atoms with E-state index in [1.807, 2.05) is 13.8 Å². The van der Waals surface area contributed by atoms with E-state index in [1.165, 1.54) is 4.31 Å². The Hall–Kier alpha value is -0.210. The maximum Gasteiger partial charge on any atom is 0.282 e. The van der Waals surface area contributed by atoms with E-state index in [2.05, 4.69) is 0 Å². The highest BCUT2D eigenvalue weighted by Crippen LogP contribution is 2.27. The van der Waals surface area contributed by atoms with Crippen molar-refractivity contribution in [1.29, 1.82) is 0 Å². The first kappa shape index (κ1) is 15.2. The lowest BCUT2D eigenvalue weighted by molar-refractivity contribution is -0.0114. The Morgan fingerprint density at radius 1 is 1.37 bits per heavy atom. The smallest absolute Gasteiger partial charge is 0.282 e. The summed E-state index contributed by atoms with van der Waals surface area (Å²) in [5.41, 5.74) is -0.511. The third-order valence-electron chi connectivity index (χ3n) is 3.91. The highest BCUT2D eigenvalue weighted by Gasteiger charge is 2.42. The molecule has 6 nitrogen and oxygen atoms in total. The van der Waals surface area contributed by atoms with Crippen LogP contribution < -0.4 is 0 Å². The second-order valence-electron chi connectivity index (χ2n) is 5.99. The Morgan fingerprint density at radius 3 is 2.74 bits per heavy atom. The third-order valence-corrected chi connectivity index (χ3v) is 6.13. The van der Waals surface area contributed by atoms with Gasteiger partial charge in [0.1, 0.15) is 0 Å². The van der Waals surface area contributed by atoms with E-state index in [4.69, 9.17) is 4.74 Å². The summed E-state index contributed by atoms with van der Waals surface area (Å²) < 4.78 is 33.9. The van der Waals surface area contributed by atoms with Gasteiger partial charge >= 0.3 is 0 Å². The summed E-state index contributed by atoms with van der Waals surface area (Å²) in [5, 5.41) is 9.23. The van der Waals surface area contributed by atoms with Crippen molar-refractivity contribution in [1.82, 2.24) is 8.61 Å². The Balaban J connectivity index is 2.16. The standard InChI is InChI=1S/C12H24N2O4S/c1-12(2)10-18-7-6-14(12)19(16,17)13-5-3-4-11(8-13)9-15/h11,15H,3-10H2,1-2H3. The Labute approximate surface area is 115 Å². The van der Waals surface area contributed by atoms with Crippen LogP contribution in [0.3, 0.4) is 0 Å². The summed E-state index contributed by atoms with van der Waals surface area (Å²) >= 11 is 0. The van der Waals surface area contributed by atoms with E-state index in [9.17, 15) is 13.5 Å². The molecule has 0 saturated carbocycles. The first-order chi connectivity index (χ1) is 8.88. The molecule has 112 valence electrons. The summed E-state index contributed by atoms with van der Waals surface area (Å²) in [6, 6.07) is 0. The fourth-order valence-corrected chi connectivity index (χ4v) is 4.82. The van der Waals surface area contributed by atoms with Gasteiger partial charge in [-0.3, -0.25) is 0 Å². The average Bonchev–Trinajstić information content (AvgIpc) is 2.38. The quantitative estimate of drug-likeness (QED) is 0.798. The van der Waals surface area contributed by atoms with Crippen molar-refractivity contribution in [2.75, 3.05) is 39.5 Å². The van der Waals surface area contributed by atoms with Crippen LogP contribution in [-0.4, -0.2) is 67.1 Å². The minimum atomic E-state index is -3.46. The molecule has 2 aliphatic heterocycles. The van der Waals surface area contributed by atoms with Crippen molar-refractivity contribution in [2.24, 2.45) is 5.92 Å². The van der Waals surface area contributed by atoms with Crippen LogP contribution in [0.15, 0.2) is 0 Å². The van der Waals surface area contributed by atoms with Gasteiger partial charge in [0, 0.05) is 26.2 Å². The molecule has 0 amide bonds. The number of nitrogens with zero attached hydrogens (tertiary/aromatic N) is 2. The van der Waals surface area contributed by atoms with Gasteiger partial charge in [-0.15, -0.1) is 0 Å². The van der Waals surface area contributed by atoms with Crippen LogP contribution in [0, 0.1) is 5.92 Å². The van der Waals surface area contributed by atoms with Crippen molar-refractivity contribution >= 4 is 10.2 Å². The summed E-state index contributed by atoms with van der Waals surface area (Å²) in [7, 11) is -3.46. The second kappa shape index (κ2) is 5.65. The Morgan fingerprint density at radius 2 is 2.11 bits per heavy atom. The first-order valence-electron chi connectivity index (χ1n) is 6.84. The number of rotatable bonds is 3. The van der Waals surface area contributed by atoms with E-state index in [0.29, 0.717) is 32.8 Å². The number of aliphatic hydroxyl groups excluding tert-OH is 1. The topological polar surface area (TPSA) is 70.1 Å². The highest BCUT2D eigenvalue weighted by molar-refractivity contribution is 7.86. The molecule has 0 spiro atoms. The van der Waals surface area contributed by atoms with Crippen LogP contribution in [0.1, 0.15) is 26.7 Å². The number of hydrogen-bond donors (Lipinski definition) is 1. The molecule has 0 bridgehead atoms. The van der Waals surface area contributed by atoms with E-state index in [1.54, 1.807) is 4.31 Å². The van der Waals surface area contributed by atoms with Crippen LogP contribution in [-0.2, 0) is 14.9 Å². The van der Waals surface area contributed by atoms with Gasteiger partial charge in [0.05, 0.1) is 18.8 Å². The van der Waals surface area contributed by atoms with E-state index >= 15 is 0 Å². The van der Waals surface area contributed by atoms with Gasteiger partial charge in [0.15, 0.2) is 0 Å². The fraction of sp³-hybridized carbons (Fsp3) is 1.00. The van der Waals surface area contributed by atoms with Crippen molar-refractivity contribution < 1.29 is 18.3 Å². The van der Waals surface area contributed by atoms with Crippen molar-refractivity contribution in [3.05, 3.63) is 0 Å². The molecule has 1 N–H and O–H groups in total. The monoisotopic (exact) mass is 292 g/mol. The zero-order valence-corrected chi connectivity index (χ0v) is 12.5. The SMILES string of the molecule is CC1(C)COCCN1S(=O)(=O)N1CCCC(CO)C1. The van der Waals surface area contributed by atoms with Crippen LogP contribution in [0.4, 0.5) is 0 Å². The van der Waals surface area contributed by atoms with Gasteiger partial charge in [0.25, 0.3) is 10.2 Å². The maximum absolute atomic E-state index is 12.7. The molecular weight excluding hydrogens is 268 g/mol. The van der Waals surface area contributed by atoms with Gasteiger partial charge < -0.3 is 9.84 Å². The molecule has 2 saturated heterocycles. The minimum absolute atomic E-state index is 0.0541. The number of piperidine rings is 1. The Kier molecular flexibility index (Phi) is 4.52. The van der Waals surface area contributed by atoms with Crippen LogP contribution in [0.5, 0.6) is 0 Å². The summed E-state index contributed by atoms with van der Waals surface area (Å²) in [6.07, 6.45) is 1.71. The van der Waals surface area contributed by atoms with E-state index in [-0.39, 0.29) is 12.5 Å². The highest BCUT2D eigenvalue weighted by atomic mass is 32.2. The molecule has 0 aromatic rings. The number of aliphatic hydroxyl groups is 1. The van der Waals surface area contributed by atoms with Crippen LogP contribution in [0.2, 0.25) is 0 Å². The lowest BCUT2D eigenvalue weighted by Gasteiger charge is -2.44. The summed E-state index contributed by atoms with van der Waals surface area (Å²) in [4.78, 5) is 0. The van der Waals surface area contributed by atoms with Gasteiger partial charge in [-0.2, -0.15) is 17.0 Å². The summed E-state index contributed by atoms with van der Waals surface area (Å²) in [6.45, 7) is 6.06. The predicted molar refractivity (Wildman–Crippen MR) is 71.9 cm³/mol. The van der Waals surface area contributed by atoms with Gasteiger partial charge in [0.2, 0.25) is 0 Å². The van der Waals surface area contributed by atoms with Crippen molar-refractivity contribution in [3.8, 4) is 0 Å². The number of hydrogen-bond acceptors (Lipinski definition) is 4. The van der Waals surface area contributed by atoms with Gasteiger partial charge in [-0.1, -0.05) is 0 Å². The van der Waals surface area contributed by atoms with Crippen molar-refractivity contribution in [2.45, 2.75) is 32.2 Å². The molecule has 0 radical (unpaired) electrons. The average molecular weight is 292 g/mol. The molecule has 2 fully saturated rings. The molecule has 0 aromatic carbocycles. The number of morpholine rings is 1. The zero-order chi connectivity index (χ0) is 14.1. The van der Waals surface area contributed by atoms with Gasteiger partial charge in [-0.25, -0.2) is 0 Å². The maximum atomic E-state index is 12.7. The summed E-state index contributed by atoms with van der Waals surface area (Å²) in [5.74, 6) is 0.0627. The zero-order valence-electron chi connectivity index (χ0n) is 11.7. The normalized spacial score (nSPS) is 30.4. The Bertz CT molecular complexity index is 410. The molecule has 2 rings (SSSR count). The van der Waals surface area contributed by atoms with Crippen LogP contribution >= 0.6 is 0 Å². The lowest BCUT2D eigenvalue weighted by Crippen LogP contribution is -2.60. The molecule has 0 aliphatic carbocycles. The van der Waals surface area contributed by atoms with Crippen LogP contribution in [0.25, 0.3) is 0 Å². The minimum Gasteiger partial charge on any atom is -0.396 e. The molecular formula is C12H24N2O4S. The third kappa shape index (κ3) is 3.11. The molecule has 7 heteroatoms. The van der Waals surface area contributed by atoms with Crippen molar-refractivity contribution in [3.63, 3.8) is 0 Å². The van der Waals surface area contributed by atoms with E-state index in [0.717, 1.165) is 12.8 Å².